The van der Waals surface area contributed by atoms with E-state index in [-0.39, 0.29) is 18.0 Å². The Morgan fingerprint density at radius 2 is 1.94 bits per heavy atom. The summed E-state index contributed by atoms with van der Waals surface area (Å²) in [6, 6.07) is 21.9. The Bertz CT molecular complexity index is 1610. The Morgan fingerprint density at radius 1 is 1.12 bits per heavy atom. The van der Waals surface area contributed by atoms with Crippen LogP contribution in [0.15, 0.2) is 87.1 Å². The number of fused-ring (bicyclic) bond motifs is 2. The molecule has 0 bridgehead atoms. The zero-order valence-electron chi connectivity index (χ0n) is 18.3. The molecule has 0 saturated heterocycles. The number of hydrogen-bond donors (Lipinski definition) is 0. The topological polar surface area (TPSA) is 78.9 Å². The third-order valence-electron chi connectivity index (χ3n) is 5.24. The van der Waals surface area contributed by atoms with Crippen LogP contribution in [0.3, 0.4) is 0 Å². The zero-order chi connectivity index (χ0) is 23.5. The molecule has 0 aliphatic heterocycles. The summed E-state index contributed by atoms with van der Waals surface area (Å²) < 4.78 is 18.3. The van der Waals surface area contributed by atoms with Crippen molar-refractivity contribution in [3.63, 3.8) is 0 Å². The molecule has 5 aromatic rings. The number of ether oxygens (including phenoxy) is 2. The molecule has 0 aliphatic carbocycles. The first-order valence-electron chi connectivity index (χ1n) is 10.5. The van der Waals surface area contributed by atoms with Crippen LogP contribution in [0.2, 0.25) is 0 Å². The van der Waals surface area contributed by atoms with Gasteiger partial charge >= 0.3 is 0 Å². The van der Waals surface area contributed by atoms with Gasteiger partial charge in [-0.2, -0.15) is 9.78 Å². The average Bonchev–Trinajstić information content (AvgIpc) is 3.31. The van der Waals surface area contributed by atoms with Gasteiger partial charge in [-0.1, -0.05) is 42.3 Å². The first-order chi connectivity index (χ1) is 16.7. The van der Waals surface area contributed by atoms with Crippen LogP contribution in [0, 0.1) is 12.3 Å². The fourth-order valence-corrected chi connectivity index (χ4v) is 3.67. The number of aromatic nitrogens is 2. The number of furan rings is 1. The number of methoxy groups -OCH3 is 1. The largest absolute Gasteiger partial charge is 0.493 e. The van der Waals surface area contributed by atoms with Crippen molar-refractivity contribution >= 4 is 28.1 Å². The van der Waals surface area contributed by atoms with E-state index in [4.69, 9.17) is 25.3 Å². The number of hydrogen-bond acceptors (Lipinski definition) is 6. The lowest BCUT2D eigenvalue weighted by molar-refractivity contribution is 0.330. The van der Waals surface area contributed by atoms with Crippen LogP contribution in [0.5, 0.6) is 11.5 Å². The zero-order valence-corrected chi connectivity index (χ0v) is 18.3. The molecule has 0 spiro atoms. The van der Waals surface area contributed by atoms with Gasteiger partial charge in [-0.05, 0) is 36.4 Å². The maximum atomic E-state index is 13.4. The number of terminal acetylenes is 1. The molecule has 0 amide bonds. The van der Waals surface area contributed by atoms with E-state index in [1.54, 1.807) is 36.4 Å². The summed E-state index contributed by atoms with van der Waals surface area (Å²) in [6.07, 6.45) is 6.87. The van der Waals surface area contributed by atoms with Crippen LogP contribution in [0.1, 0.15) is 5.56 Å². The Hall–Kier alpha value is -4.83. The van der Waals surface area contributed by atoms with E-state index in [9.17, 15) is 4.79 Å². The second kappa shape index (κ2) is 8.96. The minimum atomic E-state index is -0.328. The van der Waals surface area contributed by atoms with Crippen molar-refractivity contribution in [3.05, 3.63) is 88.7 Å². The van der Waals surface area contributed by atoms with Crippen molar-refractivity contribution in [3.8, 4) is 35.4 Å². The lowest BCUT2D eigenvalue weighted by Gasteiger charge is -2.11. The summed E-state index contributed by atoms with van der Waals surface area (Å²) in [7, 11) is 1.54. The summed E-state index contributed by atoms with van der Waals surface area (Å²) in [4.78, 5) is 18.1. The van der Waals surface area contributed by atoms with Gasteiger partial charge in [0.2, 0.25) is 5.82 Å². The summed E-state index contributed by atoms with van der Waals surface area (Å²) in [6.45, 7) is 0.0585. The molecule has 0 aliphatic rings. The highest BCUT2D eigenvalue weighted by atomic mass is 16.5. The van der Waals surface area contributed by atoms with E-state index in [0.29, 0.717) is 39.3 Å². The van der Waals surface area contributed by atoms with E-state index in [2.05, 4.69) is 11.0 Å². The summed E-state index contributed by atoms with van der Waals surface area (Å²) in [5.74, 6) is 4.08. The van der Waals surface area contributed by atoms with Crippen LogP contribution in [0.25, 0.3) is 33.5 Å². The number of para-hydroxylation sites is 3. The van der Waals surface area contributed by atoms with Gasteiger partial charge in [-0.3, -0.25) is 4.79 Å². The monoisotopic (exact) mass is 449 g/mol. The first-order valence-corrected chi connectivity index (χ1v) is 10.5. The van der Waals surface area contributed by atoms with Gasteiger partial charge in [0.1, 0.15) is 12.2 Å². The summed E-state index contributed by atoms with van der Waals surface area (Å²) in [5.41, 5.74) is 1.50. The highest BCUT2D eigenvalue weighted by Gasteiger charge is 2.17. The van der Waals surface area contributed by atoms with Crippen molar-refractivity contribution < 1.29 is 13.9 Å². The van der Waals surface area contributed by atoms with Crippen molar-refractivity contribution in [2.75, 3.05) is 13.7 Å². The molecule has 2 aromatic heterocycles. The number of nitrogens with zero attached hydrogens (tertiary/aromatic N) is 3. The molecule has 7 nitrogen and oxygen atoms in total. The second-order valence-corrected chi connectivity index (χ2v) is 7.33. The molecular weight excluding hydrogens is 430 g/mol. The molecule has 7 heteroatoms. The van der Waals surface area contributed by atoms with Crippen molar-refractivity contribution in [1.29, 1.82) is 0 Å². The maximum Gasteiger partial charge on any atom is 0.282 e. The second-order valence-electron chi connectivity index (χ2n) is 7.33. The molecule has 2 heterocycles. The Morgan fingerprint density at radius 3 is 2.76 bits per heavy atom. The average molecular weight is 449 g/mol. The van der Waals surface area contributed by atoms with Gasteiger partial charge in [0.15, 0.2) is 17.3 Å². The molecule has 0 atom stereocenters. The van der Waals surface area contributed by atoms with Gasteiger partial charge in [0.25, 0.3) is 5.56 Å². The predicted molar refractivity (Wildman–Crippen MR) is 132 cm³/mol. The van der Waals surface area contributed by atoms with E-state index in [0.717, 1.165) is 5.39 Å². The molecular formula is C27H19N3O4. The molecule has 0 N–H and O–H groups in total. The SMILES string of the molecule is C#CCOc1c(C=Nn2c(-c3cc4ccccc4o3)nc3ccccc3c2=O)cccc1OC. The van der Waals surface area contributed by atoms with Crippen LogP contribution in [-0.2, 0) is 0 Å². The van der Waals surface area contributed by atoms with Crippen LogP contribution in [0.4, 0.5) is 0 Å². The third kappa shape index (κ3) is 3.78. The molecule has 3 aromatic carbocycles. The Balaban J connectivity index is 1.70. The quantitative estimate of drug-likeness (QED) is 0.277. The predicted octanol–water partition coefficient (Wildman–Crippen LogP) is 4.71. The highest BCUT2D eigenvalue weighted by Crippen LogP contribution is 2.30. The molecule has 34 heavy (non-hydrogen) atoms. The number of rotatable bonds is 6. The van der Waals surface area contributed by atoms with E-state index in [1.807, 2.05) is 36.4 Å². The van der Waals surface area contributed by atoms with E-state index >= 15 is 0 Å². The normalized spacial score (nSPS) is 11.2. The maximum absolute atomic E-state index is 13.4. The Labute approximate surface area is 194 Å². The fourth-order valence-electron chi connectivity index (χ4n) is 3.67. The molecule has 0 saturated carbocycles. The lowest BCUT2D eigenvalue weighted by Crippen LogP contribution is -2.20. The van der Waals surface area contributed by atoms with E-state index < -0.39 is 0 Å². The third-order valence-corrected chi connectivity index (χ3v) is 5.24. The summed E-state index contributed by atoms with van der Waals surface area (Å²) in [5, 5.41) is 5.82. The standard InChI is InChI=1S/C27H19N3O4/c1-3-15-33-25-19(10-8-14-23(25)32-2)17-28-30-26(24-16-18-9-4-7-13-22(18)34-24)29-21-12-6-5-11-20(21)27(30)31/h1,4-14,16-17H,15H2,2H3. The fraction of sp³-hybridized carbons (Fsp3) is 0.0741. The minimum absolute atomic E-state index is 0.0585. The highest BCUT2D eigenvalue weighted by molar-refractivity contribution is 5.86. The lowest BCUT2D eigenvalue weighted by atomic mass is 10.2. The van der Waals surface area contributed by atoms with Gasteiger partial charge in [0.05, 0.1) is 24.2 Å². The molecule has 0 fully saturated rings. The summed E-state index contributed by atoms with van der Waals surface area (Å²) >= 11 is 0. The van der Waals surface area contributed by atoms with Crippen LogP contribution < -0.4 is 15.0 Å². The molecule has 0 unspecified atom stereocenters. The molecule has 0 radical (unpaired) electrons. The smallest absolute Gasteiger partial charge is 0.282 e. The van der Waals surface area contributed by atoms with E-state index in [1.165, 1.54) is 18.0 Å². The van der Waals surface area contributed by atoms with Gasteiger partial charge in [0, 0.05) is 10.9 Å². The number of benzene rings is 3. The van der Waals surface area contributed by atoms with Crippen LogP contribution in [-0.4, -0.2) is 29.6 Å². The van der Waals surface area contributed by atoms with Gasteiger partial charge < -0.3 is 13.9 Å². The minimum Gasteiger partial charge on any atom is -0.493 e. The van der Waals surface area contributed by atoms with Gasteiger partial charge in [-0.15, -0.1) is 6.42 Å². The van der Waals surface area contributed by atoms with Crippen molar-refractivity contribution in [1.82, 2.24) is 9.66 Å². The first kappa shape index (κ1) is 21.0. The van der Waals surface area contributed by atoms with Crippen LogP contribution >= 0.6 is 0 Å². The molecule has 5 rings (SSSR count). The molecule has 166 valence electrons. The van der Waals surface area contributed by atoms with Gasteiger partial charge in [-0.25, -0.2) is 4.98 Å². The van der Waals surface area contributed by atoms with Crippen molar-refractivity contribution in [2.24, 2.45) is 5.10 Å². The van der Waals surface area contributed by atoms with Crippen molar-refractivity contribution in [2.45, 2.75) is 0 Å². The Kier molecular flexibility index (Phi) is 5.55.